The van der Waals surface area contributed by atoms with E-state index in [0.29, 0.717) is 12.2 Å². The van der Waals surface area contributed by atoms with Gasteiger partial charge in [-0.25, -0.2) is 9.18 Å². The van der Waals surface area contributed by atoms with Crippen LogP contribution < -0.4 is 4.90 Å². The molecule has 1 rings (SSSR count). The number of hydrogen-bond acceptors (Lipinski definition) is 3. The van der Waals surface area contributed by atoms with Crippen molar-refractivity contribution in [2.45, 2.75) is 6.92 Å². The van der Waals surface area contributed by atoms with Gasteiger partial charge in [0.2, 0.25) is 0 Å². The Bertz CT molecular complexity index is 390. The van der Waals surface area contributed by atoms with E-state index in [4.69, 9.17) is 0 Å². The zero-order chi connectivity index (χ0) is 12.0. The molecule has 4 heteroatoms. The van der Waals surface area contributed by atoms with Crippen LogP contribution in [0.5, 0.6) is 0 Å². The van der Waals surface area contributed by atoms with Crippen LogP contribution in [0.3, 0.4) is 0 Å². The smallest absolute Gasteiger partial charge is 0.331 e. The van der Waals surface area contributed by atoms with Gasteiger partial charge in [-0.3, -0.25) is 0 Å². The molecule has 86 valence electrons. The van der Waals surface area contributed by atoms with Crippen molar-refractivity contribution in [1.82, 2.24) is 0 Å². The van der Waals surface area contributed by atoms with Crippen molar-refractivity contribution in [3.63, 3.8) is 0 Å². The minimum Gasteiger partial charge on any atom is -0.466 e. The van der Waals surface area contributed by atoms with Crippen LogP contribution in [0.2, 0.25) is 0 Å². The molecule has 0 bridgehead atoms. The number of para-hydroxylation sites is 1. The van der Waals surface area contributed by atoms with Crippen LogP contribution in [0, 0.1) is 5.82 Å². The summed E-state index contributed by atoms with van der Waals surface area (Å²) in [5.41, 5.74) is 0.435. The van der Waals surface area contributed by atoms with Gasteiger partial charge in [-0.05, 0) is 19.1 Å². The molecular weight excluding hydrogens is 209 g/mol. The lowest BCUT2D eigenvalue weighted by Gasteiger charge is -2.18. The second kappa shape index (κ2) is 5.90. The average molecular weight is 223 g/mol. The Morgan fingerprint density at radius 1 is 1.50 bits per heavy atom. The van der Waals surface area contributed by atoms with E-state index in [0.717, 1.165) is 0 Å². The van der Waals surface area contributed by atoms with Crippen molar-refractivity contribution < 1.29 is 13.9 Å². The molecule has 0 aliphatic heterocycles. The SMILES string of the molecule is CCN(C=CC(=O)OC)c1ccccc1F. The highest BCUT2D eigenvalue weighted by molar-refractivity contribution is 5.82. The molecule has 0 saturated heterocycles. The van der Waals surface area contributed by atoms with Crippen molar-refractivity contribution >= 4 is 11.7 Å². The van der Waals surface area contributed by atoms with Gasteiger partial charge >= 0.3 is 5.97 Å². The predicted octanol–water partition coefficient (Wildman–Crippen LogP) is 2.34. The molecule has 0 heterocycles. The molecule has 3 nitrogen and oxygen atoms in total. The lowest BCUT2D eigenvalue weighted by atomic mass is 10.3. The van der Waals surface area contributed by atoms with Crippen LogP contribution in [0.15, 0.2) is 36.5 Å². The van der Waals surface area contributed by atoms with Crippen LogP contribution in [0.4, 0.5) is 10.1 Å². The molecule has 16 heavy (non-hydrogen) atoms. The molecule has 0 atom stereocenters. The number of benzene rings is 1. The summed E-state index contributed by atoms with van der Waals surface area (Å²) in [4.78, 5) is 12.6. The number of carbonyl (C=O) groups excluding carboxylic acids is 1. The van der Waals surface area contributed by atoms with Gasteiger partial charge < -0.3 is 9.64 Å². The van der Waals surface area contributed by atoms with Gasteiger partial charge in [-0.1, -0.05) is 12.1 Å². The molecule has 0 fully saturated rings. The number of halogens is 1. The van der Waals surface area contributed by atoms with E-state index < -0.39 is 5.97 Å². The van der Waals surface area contributed by atoms with E-state index in [1.165, 1.54) is 25.5 Å². The number of methoxy groups -OCH3 is 1. The average Bonchev–Trinajstić information content (AvgIpc) is 2.31. The molecular formula is C12H14FNO2. The molecule has 0 unspecified atom stereocenters. The standard InChI is InChI=1S/C12H14FNO2/c1-3-14(9-8-12(15)16-2)11-7-5-4-6-10(11)13/h4-9H,3H2,1-2H3. The quantitative estimate of drug-likeness (QED) is 0.579. The third-order valence-corrected chi connectivity index (χ3v) is 2.09. The van der Waals surface area contributed by atoms with E-state index in [1.807, 2.05) is 6.92 Å². The fourth-order valence-corrected chi connectivity index (χ4v) is 1.26. The third-order valence-electron chi connectivity index (χ3n) is 2.09. The lowest BCUT2D eigenvalue weighted by Crippen LogP contribution is -2.16. The van der Waals surface area contributed by atoms with E-state index in [1.54, 1.807) is 23.1 Å². The van der Waals surface area contributed by atoms with Gasteiger partial charge in [0.05, 0.1) is 12.8 Å². The Morgan fingerprint density at radius 3 is 2.75 bits per heavy atom. The molecule has 0 aromatic heterocycles. The Morgan fingerprint density at radius 2 is 2.19 bits per heavy atom. The second-order valence-electron chi connectivity index (χ2n) is 3.08. The largest absolute Gasteiger partial charge is 0.466 e. The van der Waals surface area contributed by atoms with E-state index >= 15 is 0 Å². The second-order valence-corrected chi connectivity index (χ2v) is 3.08. The van der Waals surface area contributed by atoms with Crippen LogP contribution in [-0.2, 0) is 9.53 Å². The first-order chi connectivity index (χ1) is 7.69. The predicted molar refractivity (Wildman–Crippen MR) is 60.6 cm³/mol. The number of carbonyl (C=O) groups is 1. The minimum absolute atomic E-state index is 0.320. The van der Waals surface area contributed by atoms with Gasteiger partial charge in [0, 0.05) is 18.8 Å². The van der Waals surface area contributed by atoms with Gasteiger partial charge in [-0.15, -0.1) is 0 Å². The van der Waals surface area contributed by atoms with Crippen LogP contribution in [-0.4, -0.2) is 19.6 Å². The van der Waals surface area contributed by atoms with Crippen LogP contribution >= 0.6 is 0 Å². The molecule has 1 aromatic rings. The maximum absolute atomic E-state index is 13.4. The molecule has 0 aliphatic rings. The fourth-order valence-electron chi connectivity index (χ4n) is 1.26. The topological polar surface area (TPSA) is 29.5 Å². The first-order valence-electron chi connectivity index (χ1n) is 4.96. The van der Waals surface area contributed by atoms with E-state index in [-0.39, 0.29) is 5.82 Å². The summed E-state index contributed by atoms with van der Waals surface area (Å²) in [6.07, 6.45) is 2.76. The number of anilines is 1. The zero-order valence-corrected chi connectivity index (χ0v) is 9.31. The van der Waals surface area contributed by atoms with E-state index in [2.05, 4.69) is 4.74 Å². The molecule has 0 N–H and O–H groups in total. The summed E-state index contributed by atoms with van der Waals surface area (Å²) in [5.74, 6) is -0.784. The monoisotopic (exact) mass is 223 g/mol. The molecule has 0 amide bonds. The number of rotatable bonds is 4. The number of nitrogens with zero attached hydrogens (tertiary/aromatic N) is 1. The molecule has 0 saturated carbocycles. The number of hydrogen-bond donors (Lipinski definition) is 0. The van der Waals surface area contributed by atoms with Crippen LogP contribution in [0.25, 0.3) is 0 Å². The first kappa shape index (κ1) is 12.2. The third kappa shape index (κ3) is 3.08. The van der Waals surface area contributed by atoms with Crippen molar-refractivity contribution in [1.29, 1.82) is 0 Å². The maximum Gasteiger partial charge on any atom is 0.331 e. The first-order valence-corrected chi connectivity index (χ1v) is 4.96. The molecule has 0 aliphatic carbocycles. The Kier molecular flexibility index (Phi) is 4.51. The highest BCUT2D eigenvalue weighted by Gasteiger charge is 2.06. The summed E-state index contributed by atoms with van der Waals surface area (Å²) in [6.45, 7) is 2.43. The van der Waals surface area contributed by atoms with Crippen molar-refractivity contribution in [2.24, 2.45) is 0 Å². The fraction of sp³-hybridized carbons (Fsp3) is 0.250. The van der Waals surface area contributed by atoms with Gasteiger partial charge in [0.1, 0.15) is 5.82 Å². The Labute approximate surface area is 94.1 Å². The maximum atomic E-state index is 13.4. The zero-order valence-electron chi connectivity index (χ0n) is 9.31. The molecule has 0 spiro atoms. The van der Waals surface area contributed by atoms with Crippen molar-refractivity contribution in [3.05, 3.63) is 42.4 Å². The summed E-state index contributed by atoms with van der Waals surface area (Å²) >= 11 is 0. The van der Waals surface area contributed by atoms with Crippen LogP contribution in [0.1, 0.15) is 6.92 Å². The minimum atomic E-state index is -0.463. The van der Waals surface area contributed by atoms with Gasteiger partial charge in [0.15, 0.2) is 0 Å². The van der Waals surface area contributed by atoms with E-state index in [9.17, 15) is 9.18 Å². The normalized spacial score (nSPS) is 10.4. The molecule has 1 aromatic carbocycles. The highest BCUT2D eigenvalue weighted by Crippen LogP contribution is 2.18. The summed E-state index contributed by atoms with van der Waals surface area (Å²) in [5, 5.41) is 0. The van der Waals surface area contributed by atoms with Crippen molar-refractivity contribution in [3.8, 4) is 0 Å². The molecule has 0 radical (unpaired) electrons. The van der Waals surface area contributed by atoms with Crippen molar-refractivity contribution in [2.75, 3.05) is 18.6 Å². The Hall–Kier alpha value is -1.84. The summed E-state index contributed by atoms with van der Waals surface area (Å²) < 4.78 is 17.9. The van der Waals surface area contributed by atoms with Gasteiger partial charge in [-0.2, -0.15) is 0 Å². The number of esters is 1. The Balaban J connectivity index is 2.87. The summed E-state index contributed by atoms with van der Waals surface area (Å²) in [7, 11) is 1.30. The number of ether oxygens (including phenoxy) is 1. The summed E-state index contributed by atoms with van der Waals surface area (Å²) in [6, 6.07) is 6.40. The van der Waals surface area contributed by atoms with Gasteiger partial charge in [0.25, 0.3) is 0 Å². The lowest BCUT2D eigenvalue weighted by molar-refractivity contribution is -0.134. The highest BCUT2D eigenvalue weighted by atomic mass is 19.1.